The highest BCUT2D eigenvalue weighted by molar-refractivity contribution is 14.1. The van der Waals surface area contributed by atoms with E-state index in [-0.39, 0.29) is 18.9 Å². The minimum Gasteiger partial charge on any atom is -0.487 e. The number of hydrogen-bond donors (Lipinski definition) is 0. The average Bonchev–Trinajstić information content (AvgIpc) is 3.67. The van der Waals surface area contributed by atoms with E-state index < -0.39 is 11.9 Å². The molecule has 8 rings (SSSR count). The van der Waals surface area contributed by atoms with Gasteiger partial charge in [-0.1, -0.05) is 48.5 Å². The van der Waals surface area contributed by atoms with Crippen LogP contribution >= 0.6 is 45.2 Å². The van der Waals surface area contributed by atoms with Crippen molar-refractivity contribution in [2.75, 3.05) is 0 Å². The van der Waals surface area contributed by atoms with Crippen molar-refractivity contribution >= 4 is 87.4 Å². The monoisotopic (exact) mass is 1010 g/mol. The highest BCUT2D eigenvalue weighted by atomic mass is 127. The molecule has 2 aliphatic rings. The van der Waals surface area contributed by atoms with E-state index in [1.54, 1.807) is 48.8 Å². The van der Waals surface area contributed by atoms with Crippen LogP contribution in [-0.2, 0) is 13.2 Å². The fraction of sp³-hybridized carbons (Fsp3) is 0.0889. The van der Waals surface area contributed by atoms with E-state index in [1.807, 2.05) is 98.8 Å². The van der Waals surface area contributed by atoms with Gasteiger partial charge in [0.1, 0.15) is 24.7 Å². The highest BCUT2D eigenvalue weighted by Gasteiger charge is 2.57. The lowest BCUT2D eigenvalue weighted by Gasteiger charge is -2.34. The molecule has 14 heteroatoms. The number of rotatable bonds is 12. The van der Waals surface area contributed by atoms with Crippen molar-refractivity contribution in [1.29, 1.82) is 0 Å². The van der Waals surface area contributed by atoms with Gasteiger partial charge in [0.15, 0.2) is 11.4 Å². The first-order valence-electron chi connectivity index (χ1n) is 18.6. The zero-order valence-corrected chi connectivity index (χ0v) is 36.0. The predicted octanol–water partition coefficient (Wildman–Crippen LogP) is 11.3. The van der Waals surface area contributed by atoms with Gasteiger partial charge in [-0.25, -0.2) is 0 Å². The molecule has 0 spiro atoms. The van der Waals surface area contributed by atoms with Crippen molar-refractivity contribution < 1.29 is 27.5 Å². The molecule has 0 aliphatic carbocycles. The molecule has 0 unspecified atom stereocenters. The Morgan fingerprint density at radius 3 is 1.85 bits per heavy atom. The third-order valence-electron chi connectivity index (χ3n) is 10.2. The fourth-order valence-corrected chi connectivity index (χ4v) is 8.72. The number of pyridine rings is 2. The van der Waals surface area contributed by atoms with Gasteiger partial charge in [-0.2, -0.15) is 0 Å². The molecule has 5 heterocycles. The van der Waals surface area contributed by atoms with E-state index in [9.17, 15) is 10.1 Å². The largest absolute Gasteiger partial charge is 0.737 e. The quantitative estimate of drug-likeness (QED) is 0.0524. The maximum atomic E-state index is 17.9. The molecule has 9 nitrogen and oxygen atoms in total. The Hall–Kier alpha value is -5.75. The molecular weight excluding hydrogens is 977 g/mol. The number of non-ortho nitro benzene ring substituents is 1. The van der Waals surface area contributed by atoms with Crippen molar-refractivity contribution in [2.24, 2.45) is 0 Å². The smallest absolute Gasteiger partial charge is 0.487 e. The number of aromatic nitrogens is 3. The fourth-order valence-electron chi connectivity index (χ4n) is 7.33. The lowest BCUT2D eigenvalue weighted by molar-refractivity contribution is -0.384. The number of ether oxygens (including phenoxy) is 2. The van der Waals surface area contributed by atoms with Crippen LogP contribution in [0.5, 0.6) is 11.5 Å². The van der Waals surface area contributed by atoms with Gasteiger partial charge >= 0.3 is 6.97 Å². The molecule has 0 amide bonds. The molecule has 0 fully saturated rings. The summed E-state index contributed by atoms with van der Waals surface area (Å²) in [6.07, 6.45) is 10.4. The second kappa shape index (κ2) is 16.9. The molecule has 0 bridgehead atoms. The van der Waals surface area contributed by atoms with Gasteiger partial charge in [0.25, 0.3) is 5.69 Å². The van der Waals surface area contributed by atoms with E-state index in [0.717, 1.165) is 20.4 Å². The first-order valence-corrected chi connectivity index (χ1v) is 20.8. The lowest BCUT2D eigenvalue weighted by atomic mass is 9.83. The molecule has 3 aromatic heterocycles. The molecule has 0 atom stereocenters. The molecule has 0 N–H and O–H groups in total. The Kier molecular flexibility index (Phi) is 11.4. The van der Waals surface area contributed by atoms with Crippen molar-refractivity contribution in [3.63, 3.8) is 0 Å². The molecule has 0 saturated carbocycles. The van der Waals surface area contributed by atoms with Crippen LogP contribution in [0.3, 0.4) is 0 Å². The minimum atomic E-state index is -4.53. The summed E-state index contributed by atoms with van der Waals surface area (Å²) in [5.74, 6) is 1.16. The molecule has 0 saturated heterocycles. The molecule has 6 aromatic rings. The Labute approximate surface area is 366 Å². The van der Waals surface area contributed by atoms with Gasteiger partial charge in [-0.05, 0) is 137 Å². The number of nitro groups is 1. The van der Waals surface area contributed by atoms with E-state index in [0.29, 0.717) is 74.8 Å². The summed E-state index contributed by atoms with van der Waals surface area (Å²) in [6.45, 7) is -0.369. The highest BCUT2D eigenvalue weighted by Crippen LogP contribution is 2.48. The van der Waals surface area contributed by atoms with Gasteiger partial charge in [0.05, 0.1) is 25.5 Å². The van der Waals surface area contributed by atoms with Gasteiger partial charge in [0, 0.05) is 62.3 Å². The average molecular weight is 1010 g/mol. The number of benzene rings is 3. The van der Waals surface area contributed by atoms with Crippen molar-refractivity contribution in [2.45, 2.75) is 27.1 Å². The van der Waals surface area contributed by atoms with Gasteiger partial charge in [-0.3, -0.25) is 20.1 Å². The maximum Gasteiger partial charge on any atom is 0.737 e. The van der Waals surface area contributed by atoms with Crippen molar-refractivity contribution in [3.8, 4) is 11.5 Å². The van der Waals surface area contributed by atoms with Crippen LogP contribution in [0.2, 0.25) is 0 Å². The molecule has 294 valence electrons. The Bertz CT molecular complexity index is 2770. The van der Waals surface area contributed by atoms with Crippen LogP contribution < -0.4 is 9.47 Å². The Balaban J connectivity index is 1.27. The molecule has 0 radical (unpaired) electrons. The van der Waals surface area contributed by atoms with Crippen LogP contribution in [0.1, 0.15) is 52.0 Å². The minimum absolute atomic E-state index is 0.0943. The van der Waals surface area contributed by atoms with E-state index >= 15 is 8.63 Å². The number of halogens is 4. The maximum absolute atomic E-state index is 17.9. The number of nitro benzene ring substituents is 1. The Morgan fingerprint density at radius 1 is 0.763 bits per heavy atom. The number of hydrogen-bond acceptors (Lipinski definition) is 6. The van der Waals surface area contributed by atoms with Gasteiger partial charge in [0.2, 0.25) is 0 Å². The summed E-state index contributed by atoms with van der Waals surface area (Å²) in [5, 5.41) is 11.7. The summed E-state index contributed by atoms with van der Waals surface area (Å²) in [6, 6.07) is 32.2. The second-order valence-corrected chi connectivity index (χ2v) is 16.0. The number of para-hydroxylation sites is 2. The third-order valence-corrected chi connectivity index (χ3v) is 12.9. The summed E-state index contributed by atoms with van der Waals surface area (Å²) in [4.78, 5) is 19.9. The first kappa shape index (κ1) is 40.1. The first-order chi connectivity index (χ1) is 28.5. The standard InChI is InChI=1S/C45H34BF2I2N5O4/c1-29-42(49)37(23-19-31-11-3-5-15-39(31)58-27-34-13-7-9-25-51-34)53-44(29)41(33-17-21-36(22-18-33)55(56)57)45-30(2)43(50)38(54(45)46(53,47)48)24-20-32-12-4-6-16-40(32)59-28-35-14-8-10-26-52-35/h3-26H,27-28H2,1-2H3/b23-19+,24-20+. The number of nitrogens with zero attached hydrogens (tertiary/aromatic N) is 5. The zero-order valence-electron chi connectivity index (χ0n) is 31.7. The van der Waals surface area contributed by atoms with Crippen molar-refractivity contribution in [3.05, 3.63) is 201 Å². The zero-order chi connectivity index (χ0) is 41.3. The van der Waals surface area contributed by atoms with Crippen LogP contribution in [0, 0.1) is 20.6 Å². The van der Waals surface area contributed by atoms with E-state index in [4.69, 9.17) is 9.47 Å². The van der Waals surface area contributed by atoms with Gasteiger partial charge in [-0.15, -0.1) is 0 Å². The van der Waals surface area contributed by atoms with Gasteiger partial charge < -0.3 is 27.1 Å². The number of allylic oxidation sites excluding steroid dienone is 3. The molecule has 2 aliphatic heterocycles. The third kappa shape index (κ3) is 7.78. The summed E-state index contributed by atoms with van der Waals surface area (Å²) >= 11 is 4.28. The summed E-state index contributed by atoms with van der Waals surface area (Å²) < 4.78 is 51.7. The topological polar surface area (TPSA) is 95.3 Å². The number of fused-ring (bicyclic) bond motifs is 2. The second-order valence-electron chi connectivity index (χ2n) is 13.8. The van der Waals surface area contributed by atoms with Crippen LogP contribution in [0.25, 0.3) is 23.8 Å². The molecule has 3 aromatic carbocycles. The van der Waals surface area contributed by atoms with E-state index in [2.05, 4.69) is 55.1 Å². The normalized spacial score (nSPS) is 14.7. The Morgan fingerprint density at radius 2 is 1.31 bits per heavy atom. The lowest BCUT2D eigenvalue weighted by Crippen LogP contribution is -2.51. The molecule has 59 heavy (non-hydrogen) atoms. The summed E-state index contributed by atoms with van der Waals surface area (Å²) in [7, 11) is 0. The SMILES string of the molecule is CC1=C(I)C(/C=C/c2ccccc2OCc2ccccn2)=[N+]2C1=C(c1ccc([N+](=O)[O-])cc1)c1c(C)c(I)c(/C=C/c3ccccc3OCc3ccccn3)n1[B-]2(F)F. The molecular formula is C45H34BF2I2N5O4. The van der Waals surface area contributed by atoms with Crippen LogP contribution in [0.15, 0.2) is 143 Å². The summed E-state index contributed by atoms with van der Waals surface area (Å²) in [5.41, 5.74) is 6.62. The van der Waals surface area contributed by atoms with Crippen LogP contribution in [0.4, 0.5) is 14.3 Å². The van der Waals surface area contributed by atoms with Crippen molar-refractivity contribution in [1.82, 2.24) is 14.4 Å². The van der Waals surface area contributed by atoms with Crippen LogP contribution in [-0.4, -0.2) is 36.5 Å². The van der Waals surface area contributed by atoms with E-state index in [1.165, 1.54) is 12.1 Å². The predicted molar refractivity (Wildman–Crippen MR) is 244 cm³/mol.